The lowest BCUT2D eigenvalue weighted by Gasteiger charge is -2.10. The van der Waals surface area contributed by atoms with Gasteiger partial charge in [-0.05, 0) is 48.5 Å². The minimum Gasteiger partial charge on any atom is -0.408 e. The van der Waals surface area contributed by atoms with Crippen molar-refractivity contribution < 1.29 is 14.0 Å². The number of halogens is 1. The first-order chi connectivity index (χ1) is 13.5. The molecule has 1 heterocycles. The number of amides is 1. The molecular weight excluding hydrogens is 380 g/mol. The average Bonchev–Trinajstić information content (AvgIpc) is 3.07. The highest BCUT2D eigenvalue weighted by Crippen LogP contribution is 2.20. The molecule has 0 fully saturated rings. The molecule has 138 valence electrons. The van der Waals surface area contributed by atoms with Crippen LogP contribution in [-0.4, -0.2) is 16.7 Å². The number of fused-ring (bicyclic) bond motifs is 1. The molecule has 4 aromatic rings. The molecular formula is C21H13ClN2O4. The van der Waals surface area contributed by atoms with Crippen molar-refractivity contribution in [2.45, 2.75) is 0 Å². The predicted molar refractivity (Wildman–Crippen MR) is 106 cm³/mol. The summed E-state index contributed by atoms with van der Waals surface area (Å²) in [5, 5.41) is 3.26. The van der Waals surface area contributed by atoms with E-state index in [-0.39, 0.29) is 16.9 Å². The Bertz CT molecular complexity index is 1260. The largest absolute Gasteiger partial charge is 0.417 e. The second-order valence-corrected chi connectivity index (χ2v) is 6.50. The van der Waals surface area contributed by atoms with Crippen LogP contribution in [0.5, 0.6) is 0 Å². The third-order valence-electron chi connectivity index (χ3n) is 4.20. The third-order valence-corrected chi connectivity index (χ3v) is 4.45. The molecule has 4 rings (SSSR count). The minimum atomic E-state index is -0.572. The van der Waals surface area contributed by atoms with Crippen molar-refractivity contribution in [2.75, 3.05) is 5.32 Å². The molecule has 6 nitrogen and oxygen atoms in total. The molecule has 0 saturated carbocycles. The van der Waals surface area contributed by atoms with Gasteiger partial charge in [0.25, 0.3) is 5.91 Å². The Morgan fingerprint density at radius 3 is 2.39 bits per heavy atom. The minimum absolute atomic E-state index is 0.239. The number of hydrogen-bond acceptors (Lipinski definition) is 4. The molecule has 1 aromatic heterocycles. The van der Waals surface area contributed by atoms with Crippen LogP contribution in [0.2, 0.25) is 5.02 Å². The molecule has 0 spiro atoms. The summed E-state index contributed by atoms with van der Waals surface area (Å²) < 4.78 is 4.94. The van der Waals surface area contributed by atoms with Gasteiger partial charge < -0.3 is 9.73 Å². The molecule has 0 unspecified atom stereocenters. The Balaban J connectivity index is 1.64. The number of carbonyl (C=O) groups excluding carboxylic acids is 2. The van der Waals surface area contributed by atoms with E-state index >= 15 is 0 Å². The molecule has 0 radical (unpaired) electrons. The van der Waals surface area contributed by atoms with Crippen LogP contribution in [0.1, 0.15) is 26.3 Å². The first kappa shape index (κ1) is 17.8. The first-order valence-electron chi connectivity index (χ1n) is 8.35. The third kappa shape index (κ3) is 3.45. The number of aromatic nitrogens is 1. The fourth-order valence-electron chi connectivity index (χ4n) is 2.86. The van der Waals surface area contributed by atoms with Gasteiger partial charge in [-0.1, -0.05) is 29.8 Å². The zero-order valence-corrected chi connectivity index (χ0v) is 15.1. The SMILES string of the molecule is O=C(Nc1ccc2oc(=O)[nH]c2c1)c1ccccc1C(=O)c1ccc(Cl)cc1. The van der Waals surface area contributed by atoms with Crippen LogP contribution in [0.3, 0.4) is 0 Å². The summed E-state index contributed by atoms with van der Waals surface area (Å²) in [6.45, 7) is 0. The number of nitrogens with one attached hydrogen (secondary N) is 2. The van der Waals surface area contributed by atoms with Gasteiger partial charge in [0.1, 0.15) is 0 Å². The molecule has 28 heavy (non-hydrogen) atoms. The molecule has 7 heteroatoms. The standard InChI is InChI=1S/C21H13ClN2O4/c22-13-7-5-12(6-8-13)19(25)15-3-1-2-4-16(15)20(26)23-14-9-10-18-17(11-14)24-21(27)28-18/h1-11H,(H,23,26)(H,24,27). The van der Waals surface area contributed by atoms with E-state index in [1.165, 1.54) is 0 Å². The van der Waals surface area contributed by atoms with Gasteiger partial charge in [-0.25, -0.2) is 4.79 Å². The smallest absolute Gasteiger partial charge is 0.408 e. The molecule has 0 aliphatic heterocycles. The van der Waals surface area contributed by atoms with Crippen molar-refractivity contribution in [3.8, 4) is 0 Å². The van der Waals surface area contributed by atoms with Crippen molar-refractivity contribution in [3.05, 3.63) is 99.0 Å². The quantitative estimate of drug-likeness (QED) is 0.507. The maximum Gasteiger partial charge on any atom is 0.417 e. The zero-order chi connectivity index (χ0) is 19.7. The Morgan fingerprint density at radius 2 is 1.64 bits per heavy atom. The van der Waals surface area contributed by atoms with E-state index in [1.54, 1.807) is 66.7 Å². The van der Waals surface area contributed by atoms with Gasteiger partial charge in [0.05, 0.1) is 11.1 Å². The normalized spacial score (nSPS) is 10.8. The number of carbonyl (C=O) groups is 2. The fraction of sp³-hybridized carbons (Fsp3) is 0. The monoisotopic (exact) mass is 392 g/mol. The number of anilines is 1. The van der Waals surface area contributed by atoms with Crippen LogP contribution >= 0.6 is 11.6 Å². The van der Waals surface area contributed by atoms with Gasteiger partial charge in [-0.15, -0.1) is 0 Å². The number of benzene rings is 3. The van der Waals surface area contributed by atoms with Gasteiger partial charge >= 0.3 is 5.76 Å². The molecule has 1 amide bonds. The van der Waals surface area contributed by atoms with Crippen molar-refractivity contribution in [1.29, 1.82) is 0 Å². The maximum absolute atomic E-state index is 12.8. The Kier molecular flexibility index (Phi) is 4.55. The van der Waals surface area contributed by atoms with Gasteiger partial charge in [0.2, 0.25) is 0 Å². The van der Waals surface area contributed by atoms with E-state index in [4.69, 9.17) is 16.0 Å². The van der Waals surface area contributed by atoms with Gasteiger partial charge in [0, 0.05) is 21.8 Å². The highest BCUT2D eigenvalue weighted by atomic mass is 35.5. The molecule has 0 saturated heterocycles. The second-order valence-electron chi connectivity index (χ2n) is 6.06. The Hall–Kier alpha value is -3.64. The highest BCUT2D eigenvalue weighted by molar-refractivity contribution is 6.30. The number of H-pyrrole nitrogens is 1. The zero-order valence-electron chi connectivity index (χ0n) is 14.4. The van der Waals surface area contributed by atoms with Crippen LogP contribution in [0.4, 0.5) is 5.69 Å². The van der Waals surface area contributed by atoms with E-state index in [9.17, 15) is 14.4 Å². The second kappa shape index (κ2) is 7.17. The van der Waals surface area contributed by atoms with Crippen molar-refractivity contribution >= 4 is 40.1 Å². The van der Waals surface area contributed by atoms with Gasteiger partial charge in [-0.3, -0.25) is 14.6 Å². The van der Waals surface area contributed by atoms with Crippen LogP contribution in [0.15, 0.2) is 75.9 Å². The lowest BCUT2D eigenvalue weighted by molar-refractivity contribution is 0.0996. The van der Waals surface area contributed by atoms with Crippen molar-refractivity contribution in [1.82, 2.24) is 4.98 Å². The summed E-state index contributed by atoms with van der Waals surface area (Å²) in [6, 6.07) is 17.8. The van der Waals surface area contributed by atoms with Crippen molar-refractivity contribution in [3.63, 3.8) is 0 Å². The molecule has 0 aliphatic carbocycles. The maximum atomic E-state index is 12.8. The summed E-state index contributed by atoms with van der Waals surface area (Å²) in [6.07, 6.45) is 0. The summed E-state index contributed by atoms with van der Waals surface area (Å²) in [4.78, 5) is 39.4. The fourth-order valence-corrected chi connectivity index (χ4v) is 2.99. The number of ketones is 1. The lowest BCUT2D eigenvalue weighted by Crippen LogP contribution is -2.17. The van der Waals surface area contributed by atoms with E-state index in [0.717, 1.165) is 0 Å². The Morgan fingerprint density at radius 1 is 0.929 bits per heavy atom. The van der Waals surface area contributed by atoms with E-state index < -0.39 is 11.7 Å². The van der Waals surface area contributed by atoms with E-state index in [1.807, 2.05) is 0 Å². The number of rotatable bonds is 4. The molecule has 0 bridgehead atoms. The van der Waals surface area contributed by atoms with E-state index in [2.05, 4.69) is 10.3 Å². The van der Waals surface area contributed by atoms with Gasteiger partial charge in [-0.2, -0.15) is 0 Å². The lowest BCUT2D eigenvalue weighted by atomic mass is 9.98. The van der Waals surface area contributed by atoms with Crippen LogP contribution < -0.4 is 11.1 Å². The topological polar surface area (TPSA) is 92.2 Å². The molecule has 2 N–H and O–H groups in total. The average molecular weight is 393 g/mol. The Labute approximate surface area is 163 Å². The molecule has 0 aliphatic rings. The van der Waals surface area contributed by atoms with Crippen LogP contribution in [-0.2, 0) is 0 Å². The molecule has 3 aromatic carbocycles. The summed E-state index contributed by atoms with van der Waals surface area (Å²) >= 11 is 5.87. The number of aromatic amines is 1. The summed E-state index contributed by atoms with van der Waals surface area (Å²) in [7, 11) is 0. The number of oxazole rings is 1. The number of hydrogen-bond donors (Lipinski definition) is 2. The summed E-state index contributed by atoms with van der Waals surface area (Å²) in [5.41, 5.74) is 2.27. The van der Waals surface area contributed by atoms with E-state index in [0.29, 0.717) is 27.4 Å². The molecule has 0 atom stereocenters. The predicted octanol–water partition coefficient (Wildman–Crippen LogP) is 4.26. The first-order valence-corrected chi connectivity index (χ1v) is 8.72. The summed E-state index contributed by atoms with van der Waals surface area (Å²) in [5.74, 6) is -1.29. The van der Waals surface area contributed by atoms with Crippen molar-refractivity contribution in [2.24, 2.45) is 0 Å². The highest BCUT2D eigenvalue weighted by Gasteiger charge is 2.18. The van der Waals surface area contributed by atoms with Gasteiger partial charge in [0.15, 0.2) is 11.4 Å². The van der Waals surface area contributed by atoms with Crippen LogP contribution in [0, 0.1) is 0 Å². The van der Waals surface area contributed by atoms with Crippen LogP contribution in [0.25, 0.3) is 11.1 Å².